The van der Waals surface area contributed by atoms with Crippen molar-refractivity contribution in [1.29, 1.82) is 0 Å². The van der Waals surface area contributed by atoms with Gasteiger partial charge in [0, 0.05) is 32.2 Å². The maximum atomic E-state index is 12.7. The summed E-state index contributed by atoms with van der Waals surface area (Å²) >= 11 is 0. The van der Waals surface area contributed by atoms with E-state index in [1.807, 2.05) is 55.6 Å². The topological polar surface area (TPSA) is 51.2 Å². The SMILES string of the molecule is CN(c1ccccc1)C1CN(C(=O)OCc2ccccc2)CCC12OCCO2. The standard InChI is InChI=1S/C22H26N2O4/c1-23(19-10-6-3-7-11-19)20-16-24(13-12-22(20)27-14-15-28-22)21(25)26-17-18-8-4-2-5-9-18/h2-11,20H,12-17H2,1H3. The Balaban J connectivity index is 1.47. The van der Waals surface area contributed by atoms with Gasteiger partial charge in [0.05, 0.1) is 13.2 Å². The van der Waals surface area contributed by atoms with Crippen LogP contribution in [0.5, 0.6) is 0 Å². The van der Waals surface area contributed by atoms with E-state index in [1.165, 1.54) is 0 Å². The highest BCUT2D eigenvalue weighted by Crippen LogP contribution is 2.36. The fraction of sp³-hybridized carbons (Fsp3) is 0.409. The third-order valence-corrected chi connectivity index (χ3v) is 5.50. The van der Waals surface area contributed by atoms with Gasteiger partial charge in [-0.25, -0.2) is 4.79 Å². The van der Waals surface area contributed by atoms with Crippen molar-refractivity contribution in [3.05, 3.63) is 66.2 Å². The van der Waals surface area contributed by atoms with Crippen molar-refractivity contribution in [3.63, 3.8) is 0 Å². The lowest BCUT2D eigenvalue weighted by molar-refractivity contribution is -0.194. The van der Waals surface area contributed by atoms with Gasteiger partial charge in [0.25, 0.3) is 0 Å². The van der Waals surface area contributed by atoms with Crippen LogP contribution in [0.1, 0.15) is 12.0 Å². The second-order valence-electron chi connectivity index (χ2n) is 7.21. The van der Waals surface area contributed by atoms with Gasteiger partial charge in [-0.1, -0.05) is 48.5 Å². The summed E-state index contributed by atoms with van der Waals surface area (Å²) in [7, 11) is 2.02. The maximum absolute atomic E-state index is 12.7. The molecule has 2 saturated heterocycles. The van der Waals surface area contributed by atoms with Gasteiger partial charge in [-0.3, -0.25) is 0 Å². The minimum Gasteiger partial charge on any atom is -0.445 e. The molecule has 4 rings (SSSR count). The van der Waals surface area contributed by atoms with E-state index in [-0.39, 0.29) is 18.7 Å². The van der Waals surface area contributed by atoms with Crippen molar-refractivity contribution in [2.24, 2.45) is 0 Å². The van der Waals surface area contributed by atoms with Gasteiger partial charge in [-0.2, -0.15) is 0 Å². The number of carbonyl (C=O) groups excluding carboxylic acids is 1. The number of ether oxygens (including phenoxy) is 3. The fourth-order valence-electron chi connectivity index (χ4n) is 3.94. The van der Waals surface area contributed by atoms with Crippen molar-refractivity contribution < 1.29 is 19.0 Å². The maximum Gasteiger partial charge on any atom is 0.410 e. The molecular formula is C22H26N2O4. The van der Waals surface area contributed by atoms with Crippen LogP contribution in [0.25, 0.3) is 0 Å². The first kappa shape index (κ1) is 18.8. The summed E-state index contributed by atoms with van der Waals surface area (Å²) in [5.74, 6) is -0.680. The fourth-order valence-corrected chi connectivity index (χ4v) is 3.94. The van der Waals surface area contributed by atoms with Gasteiger partial charge in [-0.15, -0.1) is 0 Å². The van der Waals surface area contributed by atoms with E-state index in [9.17, 15) is 4.79 Å². The zero-order chi connectivity index (χ0) is 19.4. The van der Waals surface area contributed by atoms with Gasteiger partial charge in [0.2, 0.25) is 0 Å². The average molecular weight is 382 g/mol. The summed E-state index contributed by atoms with van der Waals surface area (Å²) in [6.07, 6.45) is 0.318. The molecule has 0 aromatic heterocycles. The third-order valence-electron chi connectivity index (χ3n) is 5.50. The van der Waals surface area contributed by atoms with E-state index >= 15 is 0 Å². The molecule has 2 aliphatic heterocycles. The Morgan fingerprint density at radius 2 is 1.75 bits per heavy atom. The molecule has 28 heavy (non-hydrogen) atoms. The zero-order valence-electron chi connectivity index (χ0n) is 16.1. The molecule has 2 aliphatic rings. The van der Waals surface area contributed by atoms with E-state index in [0.717, 1.165) is 11.3 Å². The van der Waals surface area contributed by atoms with E-state index < -0.39 is 5.79 Å². The van der Waals surface area contributed by atoms with Crippen molar-refractivity contribution in [2.45, 2.75) is 24.9 Å². The first-order chi connectivity index (χ1) is 13.7. The predicted molar refractivity (Wildman–Crippen MR) is 106 cm³/mol. The first-order valence-electron chi connectivity index (χ1n) is 9.69. The Hall–Kier alpha value is -2.57. The Bertz CT molecular complexity index is 778. The zero-order valence-corrected chi connectivity index (χ0v) is 16.1. The van der Waals surface area contributed by atoms with Crippen LogP contribution in [0.4, 0.5) is 10.5 Å². The smallest absolute Gasteiger partial charge is 0.410 e. The number of anilines is 1. The lowest BCUT2D eigenvalue weighted by Gasteiger charge is -2.47. The number of benzene rings is 2. The number of nitrogens with zero attached hydrogens (tertiary/aromatic N) is 2. The van der Waals surface area contributed by atoms with Crippen LogP contribution in [-0.4, -0.2) is 56.2 Å². The summed E-state index contributed by atoms with van der Waals surface area (Å²) in [5, 5.41) is 0. The summed E-state index contributed by atoms with van der Waals surface area (Å²) in [5.41, 5.74) is 2.04. The van der Waals surface area contributed by atoms with E-state index in [2.05, 4.69) is 17.0 Å². The predicted octanol–water partition coefficient (Wildman–Crippen LogP) is 3.28. The molecule has 148 valence electrons. The molecule has 1 amide bonds. The number of rotatable bonds is 4. The molecule has 0 bridgehead atoms. The van der Waals surface area contributed by atoms with E-state index in [4.69, 9.17) is 14.2 Å². The highest BCUT2D eigenvalue weighted by Gasteiger charge is 2.51. The molecule has 2 heterocycles. The van der Waals surface area contributed by atoms with Crippen molar-refractivity contribution in [1.82, 2.24) is 4.90 Å². The number of para-hydroxylation sites is 1. The number of piperidine rings is 1. The number of hydrogen-bond donors (Lipinski definition) is 0. The summed E-state index contributed by atoms with van der Waals surface area (Å²) in [4.78, 5) is 16.6. The van der Waals surface area contributed by atoms with Gasteiger partial charge in [0.1, 0.15) is 12.6 Å². The summed E-state index contributed by atoms with van der Waals surface area (Å²) in [6, 6.07) is 19.7. The number of amides is 1. The monoisotopic (exact) mass is 382 g/mol. The highest BCUT2D eigenvalue weighted by atomic mass is 16.7. The van der Waals surface area contributed by atoms with Crippen LogP contribution in [0.2, 0.25) is 0 Å². The lowest BCUT2D eigenvalue weighted by atomic mass is 9.96. The summed E-state index contributed by atoms with van der Waals surface area (Å²) < 4.78 is 17.6. The average Bonchev–Trinajstić information content (AvgIpc) is 3.22. The van der Waals surface area contributed by atoms with Crippen LogP contribution >= 0.6 is 0 Å². The van der Waals surface area contributed by atoms with Crippen molar-refractivity contribution in [2.75, 3.05) is 38.3 Å². The van der Waals surface area contributed by atoms with Crippen LogP contribution < -0.4 is 4.90 Å². The van der Waals surface area contributed by atoms with Crippen molar-refractivity contribution in [3.8, 4) is 0 Å². The third kappa shape index (κ3) is 3.84. The largest absolute Gasteiger partial charge is 0.445 e. The second-order valence-corrected chi connectivity index (χ2v) is 7.21. The first-order valence-corrected chi connectivity index (χ1v) is 9.69. The Morgan fingerprint density at radius 3 is 2.43 bits per heavy atom. The van der Waals surface area contributed by atoms with Crippen LogP contribution in [-0.2, 0) is 20.8 Å². The summed E-state index contributed by atoms with van der Waals surface area (Å²) in [6.45, 7) is 2.47. The molecule has 1 atom stereocenters. The lowest BCUT2D eigenvalue weighted by Crippen LogP contribution is -2.63. The molecule has 0 radical (unpaired) electrons. The minimum atomic E-state index is -0.680. The van der Waals surface area contributed by atoms with Gasteiger partial charge >= 0.3 is 6.09 Å². The Kier molecular flexibility index (Phi) is 5.50. The molecule has 0 aliphatic carbocycles. The van der Waals surface area contributed by atoms with Gasteiger partial charge in [-0.05, 0) is 17.7 Å². The Labute approximate surface area is 165 Å². The van der Waals surface area contributed by atoms with E-state index in [1.54, 1.807) is 4.90 Å². The number of carbonyl (C=O) groups is 1. The molecule has 1 unspecified atom stereocenters. The molecule has 0 saturated carbocycles. The molecule has 2 aromatic rings. The molecule has 0 N–H and O–H groups in total. The molecule has 2 aromatic carbocycles. The number of hydrogen-bond acceptors (Lipinski definition) is 5. The van der Waals surface area contributed by atoms with Gasteiger partial charge < -0.3 is 24.0 Å². The second kappa shape index (κ2) is 8.20. The molecule has 1 spiro atoms. The minimum absolute atomic E-state index is 0.115. The quantitative estimate of drug-likeness (QED) is 0.812. The van der Waals surface area contributed by atoms with Gasteiger partial charge in [0.15, 0.2) is 5.79 Å². The Morgan fingerprint density at radius 1 is 1.11 bits per heavy atom. The van der Waals surface area contributed by atoms with Crippen LogP contribution in [0.3, 0.4) is 0 Å². The molecule has 6 heteroatoms. The molecule has 2 fully saturated rings. The van der Waals surface area contributed by atoms with Crippen LogP contribution in [0, 0.1) is 0 Å². The normalized spacial score (nSPS) is 20.9. The van der Waals surface area contributed by atoms with E-state index in [0.29, 0.717) is 32.7 Å². The number of likely N-dealkylation sites (tertiary alicyclic amines) is 1. The van der Waals surface area contributed by atoms with Crippen LogP contribution in [0.15, 0.2) is 60.7 Å². The molecule has 6 nitrogen and oxygen atoms in total. The highest BCUT2D eigenvalue weighted by molar-refractivity contribution is 5.68. The molecular weight excluding hydrogens is 356 g/mol. The van der Waals surface area contributed by atoms with Crippen molar-refractivity contribution >= 4 is 11.8 Å². The number of likely N-dealkylation sites (N-methyl/N-ethyl adjacent to an activating group) is 1.